The molecule has 0 amide bonds. The molecule has 94 valence electrons. The van der Waals surface area contributed by atoms with Crippen molar-refractivity contribution in [2.75, 3.05) is 33.4 Å². The van der Waals surface area contributed by atoms with Gasteiger partial charge in [0.15, 0.2) is 0 Å². The van der Waals surface area contributed by atoms with E-state index >= 15 is 0 Å². The molecular formula is C11H24N4O. The summed E-state index contributed by atoms with van der Waals surface area (Å²) in [6, 6.07) is 0. The molecule has 0 bridgehead atoms. The molecule has 1 saturated heterocycles. The summed E-state index contributed by atoms with van der Waals surface area (Å²) in [5.74, 6) is 7.16. The lowest BCUT2D eigenvalue weighted by atomic mass is 9.95. The van der Waals surface area contributed by atoms with Gasteiger partial charge in [0.1, 0.15) is 0 Å². The number of ether oxygens (including phenoxy) is 1. The van der Waals surface area contributed by atoms with Crippen molar-refractivity contribution in [2.45, 2.75) is 26.2 Å². The van der Waals surface area contributed by atoms with E-state index in [0.29, 0.717) is 13.2 Å². The second-order valence-electron chi connectivity index (χ2n) is 4.18. The summed E-state index contributed by atoms with van der Waals surface area (Å²) in [6.07, 6.45) is 3.75. The molecule has 0 atom stereocenters. The van der Waals surface area contributed by atoms with Crippen molar-refractivity contribution in [3.63, 3.8) is 0 Å². The average Bonchev–Trinajstić information content (AvgIpc) is 2.35. The SMILES string of the molecule is CCC1CCN(C(=NCCOC)NN)CC1. The fraction of sp³-hybridized carbons (Fsp3) is 0.909. The number of hydrazine groups is 1. The molecule has 5 nitrogen and oxygen atoms in total. The molecule has 0 unspecified atom stereocenters. The van der Waals surface area contributed by atoms with Crippen LogP contribution in [0.3, 0.4) is 0 Å². The highest BCUT2D eigenvalue weighted by molar-refractivity contribution is 5.79. The lowest BCUT2D eigenvalue weighted by molar-refractivity contribution is 0.206. The van der Waals surface area contributed by atoms with E-state index < -0.39 is 0 Å². The van der Waals surface area contributed by atoms with Crippen molar-refractivity contribution in [1.29, 1.82) is 0 Å². The van der Waals surface area contributed by atoms with E-state index in [1.807, 2.05) is 0 Å². The third-order valence-electron chi connectivity index (χ3n) is 3.18. The summed E-state index contributed by atoms with van der Waals surface area (Å²) in [7, 11) is 1.68. The number of aliphatic imine (C=N–C) groups is 1. The van der Waals surface area contributed by atoms with Gasteiger partial charge in [-0.2, -0.15) is 0 Å². The van der Waals surface area contributed by atoms with Gasteiger partial charge in [0.25, 0.3) is 0 Å². The zero-order chi connectivity index (χ0) is 11.8. The molecule has 1 aliphatic rings. The van der Waals surface area contributed by atoms with Gasteiger partial charge in [-0.25, -0.2) is 10.8 Å². The highest BCUT2D eigenvalue weighted by Gasteiger charge is 2.19. The molecule has 0 saturated carbocycles. The number of likely N-dealkylation sites (tertiary alicyclic amines) is 1. The summed E-state index contributed by atoms with van der Waals surface area (Å²) < 4.78 is 4.96. The van der Waals surface area contributed by atoms with Gasteiger partial charge in [0.05, 0.1) is 13.2 Å². The minimum Gasteiger partial charge on any atom is -0.383 e. The van der Waals surface area contributed by atoms with E-state index in [1.54, 1.807) is 7.11 Å². The van der Waals surface area contributed by atoms with Gasteiger partial charge in [-0.1, -0.05) is 13.3 Å². The van der Waals surface area contributed by atoms with Gasteiger partial charge >= 0.3 is 0 Å². The Labute approximate surface area is 98.0 Å². The monoisotopic (exact) mass is 228 g/mol. The molecule has 1 fully saturated rings. The number of rotatable bonds is 4. The molecule has 0 aromatic rings. The number of piperidine rings is 1. The maximum Gasteiger partial charge on any atom is 0.208 e. The Balaban J connectivity index is 2.39. The Morgan fingerprint density at radius 3 is 2.69 bits per heavy atom. The van der Waals surface area contributed by atoms with Crippen LogP contribution >= 0.6 is 0 Å². The zero-order valence-electron chi connectivity index (χ0n) is 10.4. The van der Waals surface area contributed by atoms with Gasteiger partial charge in [-0.3, -0.25) is 5.43 Å². The summed E-state index contributed by atoms with van der Waals surface area (Å²) in [5, 5.41) is 0. The summed E-state index contributed by atoms with van der Waals surface area (Å²) >= 11 is 0. The van der Waals surface area contributed by atoms with Crippen molar-refractivity contribution in [1.82, 2.24) is 10.3 Å². The molecule has 5 heteroatoms. The molecule has 1 rings (SSSR count). The van der Waals surface area contributed by atoms with Gasteiger partial charge in [0, 0.05) is 20.2 Å². The van der Waals surface area contributed by atoms with Crippen LogP contribution < -0.4 is 11.3 Å². The molecule has 0 radical (unpaired) electrons. The lowest BCUT2D eigenvalue weighted by Crippen LogP contribution is -2.48. The summed E-state index contributed by atoms with van der Waals surface area (Å²) in [5.41, 5.74) is 2.68. The Morgan fingerprint density at radius 1 is 1.50 bits per heavy atom. The topological polar surface area (TPSA) is 62.9 Å². The van der Waals surface area contributed by atoms with Crippen LogP contribution in [-0.4, -0.2) is 44.2 Å². The van der Waals surface area contributed by atoms with Crippen LogP contribution in [0.4, 0.5) is 0 Å². The zero-order valence-corrected chi connectivity index (χ0v) is 10.4. The van der Waals surface area contributed by atoms with E-state index in [1.165, 1.54) is 19.3 Å². The molecule has 3 N–H and O–H groups in total. The van der Waals surface area contributed by atoms with Crippen LogP contribution in [0, 0.1) is 5.92 Å². The number of nitrogens with two attached hydrogens (primary N) is 1. The van der Waals surface area contributed by atoms with Gasteiger partial charge in [-0.05, 0) is 18.8 Å². The Kier molecular flexibility index (Phi) is 6.18. The lowest BCUT2D eigenvalue weighted by Gasteiger charge is -2.33. The van der Waals surface area contributed by atoms with Crippen molar-refractivity contribution in [3.8, 4) is 0 Å². The van der Waals surface area contributed by atoms with E-state index in [2.05, 4.69) is 22.2 Å². The largest absolute Gasteiger partial charge is 0.383 e. The van der Waals surface area contributed by atoms with Gasteiger partial charge in [0.2, 0.25) is 5.96 Å². The summed E-state index contributed by atoms with van der Waals surface area (Å²) in [6.45, 7) is 5.65. The van der Waals surface area contributed by atoms with Crippen LogP contribution in [0.15, 0.2) is 4.99 Å². The van der Waals surface area contributed by atoms with E-state index in [0.717, 1.165) is 25.0 Å². The Hall–Kier alpha value is -0.810. The molecule has 0 aromatic heterocycles. The van der Waals surface area contributed by atoms with Gasteiger partial charge < -0.3 is 9.64 Å². The van der Waals surface area contributed by atoms with Crippen molar-refractivity contribution in [3.05, 3.63) is 0 Å². The fourth-order valence-electron chi connectivity index (χ4n) is 2.03. The average molecular weight is 228 g/mol. The first-order valence-corrected chi connectivity index (χ1v) is 6.06. The van der Waals surface area contributed by atoms with Gasteiger partial charge in [-0.15, -0.1) is 0 Å². The highest BCUT2D eigenvalue weighted by Crippen LogP contribution is 2.19. The van der Waals surface area contributed by atoms with Crippen molar-refractivity contribution >= 4 is 5.96 Å². The van der Waals surface area contributed by atoms with E-state index in [-0.39, 0.29) is 0 Å². The maximum atomic E-state index is 5.49. The minimum absolute atomic E-state index is 0.636. The smallest absolute Gasteiger partial charge is 0.208 e. The number of nitrogens with zero attached hydrogens (tertiary/aromatic N) is 2. The van der Waals surface area contributed by atoms with Crippen LogP contribution in [0.2, 0.25) is 0 Å². The minimum atomic E-state index is 0.636. The molecule has 0 spiro atoms. The molecular weight excluding hydrogens is 204 g/mol. The third-order valence-corrected chi connectivity index (χ3v) is 3.18. The quantitative estimate of drug-likeness (QED) is 0.243. The Morgan fingerprint density at radius 2 is 2.19 bits per heavy atom. The van der Waals surface area contributed by atoms with Crippen LogP contribution in [0.5, 0.6) is 0 Å². The number of methoxy groups -OCH3 is 1. The number of hydrogen-bond donors (Lipinski definition) is 2. The third kappa shape index (κ3) is 3.98. The van der Waals surface area contributed by atoms with Crippen LogP contribution in [0.1, 0.15) is 26.2 Å². The van der Waals surface area contributed by atoms with E-state index in [9.17, 15) is 0 Å². The Bertz CT molecular complexity index is 212. The predicted molar refractivity (Wildman–Crippen MR) is 66.1 cm³/mol. The van der Waals surface area contributed by atoms with Crippen molar-refractivity contribution < 1.29 is 4.74 Å². The molecule has 0 aromatic carbocycles. The highest BCUT2D eigenvalue weighted by atomic mass is 16.5. The fourth-order valence-corrected chi connectivity index (χ4v) is 2.03. The standard InChI is InChI=1S/C11H24N4O/c1-3-10-4-7-15(8-5-10)11(14-12)13-6-9-16-2/h10H,3-9,12H2,1-2H3,(H,13,14). The van der Waals surface area contributed by atoms with Crippen LogP contribution in [-0.2, 0) is 4.74 Å². The van der Waals surface area contributed by atoms with Crippen molar-refractivity contribution in [2.24, 2.45) is 16.8 Å². The first-order valence-electron chi connectivity index (χ1n) is 6.06. The maximum absolute atomic E-state index is 5.49. The van der Waals surface area contributed by atoms with E-state index in [4.69, 9.17) is 10.6 Å². The number of hydrogen-bond acceptors (Lipinski definition) is 3. The molecule has 1 aliphatic heterocycles. The predicted octanol–water partition coefficient (Wildman–Crippen LogP) is 0.574. The number of nitrogens with one attached hydrogen (secondary N) is 1. The second-order valence-corrected chi connectivity index (χ2v) is 4.18. The first-order chi connectivity index (χ1) is 7.81. The molecule has 0 aliphatic carbocycles. The second kappa shape index (κ2) is 7.46. The number of guanidine groups is 1. The summed E-state index contributed by atoms with van der Waals surface area (Å²) in [4.78, 5) is 6.61. The molecule has 1 heterocycles. The normalized spacial score (nSPS) is 18.9. The molecule has 16 heavy (non-hydrogen) atoms. The first kappa shape index (κ1) is 13.3. The van der Waals surface area contributed by atoms with Crippen LogP contribution in [0.25, 0.3) is 0 Å².